The van der Waals surface area contributed by atoms with Gasteiger partial charge in [0.05, 0.1) is 0 Å². The number of amides is 1. The molecule has 1 saturated heterocycles. The summed E-state index contributed by atoms with van der Waals surface area (Å²) in [5, 5.41) is 3.44. The lowest BCUT2D eigenvalue weighted by atomic mass is 9.90. The molecule has 1 amide bonds. The highest BCUT2D eigenvalue weighted by Crippen LogP contribution is 2.34. The monoisotopic (exact) mass is 302 g/mol. The van der Waals surface area contributed by atoms with Crippen LogP contribution in [0.25, 0.3) is 0 Å². The van der Waals surface area contributed by atoms with Crippen LogP contribution in [0.1, 0.15) is 59.8 Å². The van der Waals surface area contributed by atoms with Crippen molar-refractivity contribution in [3.63, 3.8) is 0 Å². The second-order valence-electron chi connectivity index (χ2n) is 6.68. The molecule has 2 rings (SSSR count). The fourth-order valence-electron chi connectivity index (χ4n) is 3.25. The first kappa shape index (κ1) is 17.8. The molecule has 2 fully saturated rings. The van der Waals surface area contributed by atoms with E-state index in [9.17, 15) is 4.79 Å². The van der Waals surface area contributed by atoms with Gasteiger partial charge in [0.1, 0.15) is 0 Å². The third-order valence-corrected chi connectivity index (χ3v) is 5.07. The lowest BCUT2D eigenvalue weighted by Gasteiger charge is -2.38. The van der Waals surface area contributed by atoms with Crippen LogP contribution in [0.4, 0.5) is 0 Å². The van der Waals surface area contributed by atoms with E-state index in [0.717, 1.165) is 25.8 Å². The molecule has 0 spiro atoms. The Bertz CT molecular complexity index is 320. The molecule has 1 N–H and O–H groups in total. The molecule has 0 radical (unpaired) electrons. The van der Waals surface area contributed by atoms with E-state index in [4.69, 9.17) is 0 Å². The van der Waals surface area contributed by atoms with Crippen molar-refractivity contribution in [1.29, 1.82) is 0 Å². The van der Waals surface area contributed by atoms with Gasteiger partial charge >= 0.3 is 0 Å². The summed E-state index contributed by atoms with van der Waals surface area (Å²) < 4.78 is 0. The maximum absolute atomic E-state index is 12.9. The second kappa shape index (κ2) is 7.65. The Labute approximate surface area is 130 Å². The largest absolute Gasteiger partial charge is 0.337 e. The Hall–Kier alpha value is -0.280. The summed E-state index contributed by atoms with van der Waals surface area (Å²) in [5.41, 5.74) is 0. The van der Waals surface area contributed by atoms with Crippen molar-refractivity contribution >= 4 is 18.3 Å². The van der Waals surface area contributed by atoms with Crippen LogP contribution < -0.4 is 5.32 Å². The maximum Gasteiger partial charge on any atom is 0.226 e. The van der Waals surface area contributed by atoms with E-state index in [1.807, 2.05) is 0 Å². The number of halogens is 1. The maximum atomic E-state index is 12.9. The molecule has 20 heavy (non-hydrogen) atoms. The third kappa shape index (κ3) is 4.11. The molecular weight excluding hydrogens is 272 g/mol. The van der Waals surface area contributed by atoms with Crippen molar-refractivity contribution in [2.24, 2.45) is 11.8 Å². The van der Waals surface area contributed by atoms with Gasteiger partial charge in [0.15, 0.2) is 0 Å². The van der Waals surface area contributed by atoms with E-state index in [2.05, 4.69) is 37.9 Å². The first-order chi connectivity index (χ1) is 9.04. The Morgan fingerprint density at radius 3 is 2.45 bits per heavy atom. The van der Waals surface area contributed by atoms with Crippen LogP contribution in [0.5, 0.6) is 0 Å². The standard InChI is InChI=1S/C16H30N2O.ClH/c1-5-11(2)13(4)18(15-6-7-15)16(19)14-8-9-17-12(3)10-14;/h11-15,17H,5-10H2,1-4H3;1H/t11?,12-,13?,14-;/m0./s1. The third-order valence-electron chi connectivity index (χ3n) is 5.07. The number of nitrogens with one attached hydrogen (secondary N) is 1. The molecule has 3 nitrogen and oxygen atoms in total. The molecule has 118 valence electrons. The molecule has 1 saturated carbocycles. The van der Waals surface area contributed by atoms with Crippen molar-refractivity contribution in [1.82, 2.24) is 10.2 Å². The lowest BCUT2D eigenvalue weighted by molar-refractivity contribution is -0.140. The first-order valence-electron chi connectivity index (χ1n) is 8.10. The van der Waals surface area contributed by atoms with Gasteiger partial charge in [-0.05, 0) is 52.0 Å². The van der Waals surface area contributed by atoms with Crippen LogP contribution >= 0.6 is 12.4 Å². The van der Waals surface area contributed by atoms with Gasteiger partial charge < -0.3 is 10.2 Å². The second-order valence-corrected chi connectivity index (χ2v) is 6.68. The van der Waals surface area contributed by atoms with Crippen molar-refractivity contribution in [3.8, 4) is 0 Å². The molecule has 1 heterocycles. The highest BCUT2D eigenvalue weighted by molar-refractivity contribution is 5.85. The molecule has 2 aliphatic rings. The van der Waals surface area contributed by atoms with Gasteiger partial charge in [0.2, 0.25) is 5.91 Å². The average molecular weight is 303 g/mol. The van der Waals surface area contributed by atoms with E-state index >= 15 is 0 Å². The van der Waals surface area contributed by atoms with Crippen molar-refractivity contribution in [3.05, 3.63) is 0 Å². The summed E-state index contributed by atoms with van der Waals surface area (Å²) in [6.07, 6.45) is 5.61. The van der Waals surface area contributed by atoms with Crippen molar-refractivity contribution in [2.75, 3.05) is 6.54 Å². The predicted octanol–water partition coefficient (Wildman–Crippen LogP) is 3.22. The normalized spacial score (nSPS) is 29.2. The molecule has 0 aromatic carbocycles. The minimum Gasteiger partial charge on any atom is -0.337 e. The lowest BCUT2D eigenvalue weighted by Crippen LogP contribution is -2.49. The predicted molar refractivity (Wildman–Crippen MR) is 86.2 cm³/mol. The topological polar surface area (TPSA) is 32.3 Å². The Morgan fingerprint density at radius 1 is 1.30 bits per heavy atom. The number of rotatable bonds is 5. The molecular formula is C16H31ClN2O. The van der Waals surface area contributed by atoms with E-state index in [0.29, 0.717) is 30.0 Å². The van der Waals surface area contributed by atoms with Gasteiger partial charge in [-0.3, -0.25) is 4.79 Å². The molecule has 0 aromatic rings. The SMILES string of the molecule is CCC(C)C(C)N(C(=O)[C@H]1CCN[C@@H](C)C1)C1CC1.Cl. The highest BCUT2D eigenvalue weighted by atomic mass is 35.5. The van der Waals surface area contributed by atoms with E-state index in [1.165, 1.54) is 12.8 Å². The minimum absolute atomic E-state index is 0. The van der Waals surface area contributed by atoms with Crippen LogP contribution in [-0.4, -0.2) is 35.5 Å². The van der Waals surface area contributed by atoms with Crippen molar-refractivity contribution < 1.29 is 4.79 Å². The summed E-state index contributed by atoms with van der Waals surface area (Å²) in [7, 11) is 0. The van der Waals surface area contributed by atoms with E-state index in [-0.39, 0.29) is 18.3 Å². The molecule has 4 heteroatoms. The first-order valence-corrected chi connectivity index (χ1v) is 8.10. The zero-order chi connectivity index (χ0) is 14.0. The van der Waals surface area contributed by atoms with Gasteiger partial charge in [-0.25, -0.2) is 0 Å². The van der Waals surface area contributed by atoms with Crippen LogP contribution in [0.3, 0.4) is 0 Å². The quantitative estimate of drug-likeness (QED) is 0.846. The molecule has 2 unspecified atom stereocenters. The van der Waals surface area contributed by atoms with E-state index < -0.39 is 0 Å². The number of hydrogen-bond donors (Lipinski definition) is 1. The van der Waals surface area contributed by atoms with Crippen LogP contribution in [0, 0.1) is 11.8 Å². The average Bonchev–Trinajstić information content (AvgIpc) is 3.22. The molecule has 4 atom stereocenters. The van der Waals surface area contributed by atoms with Crippen molar-refractivity contribution in [2.45, 2.75) is 77.9 Å². The van der Waals surface area contributed by atoms with Crippen LogP contribution in [0.15, 0.2) is 0 Å². The number of carbonyl (C=O) groups is 1. The summed E-state index contributed by atoms with van der Waals surface area (Å²) in [4.78, 5) is 15.1. The Kier molecular flexibility index (Phi) is 6.80. The molecule has 1 aliphatic heterocycles. The highest BCUT2D eigenvalue weighted by Gasteiger charge is 2.40. The van der Waals surface area contributed by atoms with Gasteiger partial charge in [-0.2, -0.15) is 0 Å². The van der Waals surface area contributed by atoms with Gasteiger partial charge in [0, 0.05) is 24.0 Å². The number of nitrogens with zero attached hydrogens (tertiary/aromatic N) is 1. The fraction of sp³-hybridized carbons (Fsp3) is 0.938. The van der Waals surface area contributed by atoms with Crippen LogP contribution in [-0.2, 0) is 4.79 Å². The zero-order valence-electron chi connectivity index (χ0n) is 13.4. The molecule has 1 aliphatic carbocycles. The number of carbonyl (C=O) groups excluding carboxylic acids is 1. The molecule has 0 aromatic heterocycles. The Morgan fingerprint density at radius 2 is 1.95 bits per heavy atom. The smallest absolute Gasteiger partial charge is 0.226 e. The van der Waals surface area contributed by atoms with Crippen LogP contribution in [0.2, 0.25) is 0 Å². The van der Waals surface area contributed by atoms with Gasteiger partial charge in [-0.1, -0.05) is 20.3 Å². The zero-order valence-corrected chi connectivity index (χ0v) is 14.2. The fourth-order valence-corrected chi connectivity index (χ4v) is 3.25. The van der Waals surface area contributed by atoms with Gasteiger partial charge in [0.25, 0.3) is 0 Å². The summed E-state index contributed by atoms with van der Waals surface area (Å²) in [5.74, 6) is 1.29. The van der Waals surface area contributed by atoms with E-state index in [1.54, 1.807) is 0 Å². The molecule has 0 bridgehead atoms. The number of hydrogen-bond acceptors (Lipinski definition) is 2. The summed E-state index contributed by atoms with van der Waals surface area (Å²) in [6, 6.07) is 1.43. The summed E-state index contributed by atoms with van der Waals surface area (Å²) in [6.45, 7) is 9.93. The van der Waals surface area contributed by atoms with Gasteiger partial charge in [-0.15, -0.1) is 12.4 Å². The number of piperidine rings is 1. The minimum atomic E-state index is 0. The summed E-state index contributed by atoms with van der Waals surface area (Å²) >= 11 is 0. The Balaban J connectivity index is 0.00000200.